The highest BCUT2D eigenvalue weighted by molar-refractivity contribution is 5.78. The lowest BCUT2D eigenvalue weighted by Crippen LogP contribution is -2.35. The van der Waals surface area contributed by atoms with Crippen molar-refractivity contribution in [3.8, 4) is 0 Å². The third-order valence-corrected chi connectivity index (χ3v) is 2.83. The Balaban J connectivity index is 1.83. The van der Waals surface area contributed by atoms with Gasteiger partial charge in [0.05, 0.1) is 0 Å². The first kappa shape index (κ1) is 9.53. The molecule has 5 atom stereocenters. The normalized spacial score (nSPS) is 51.4. The average molecular weight is 216 g/mol. The highest BCUT2D eigenvalue weighted by Gasteiger charge is 2.62. The first-order chi connectivity index (χ1) is 6.98. The summed E-state index contributed by atoms with van der Waals surface area (Å²) in [6, 6.07) is 0. The van der Waals surface area contributed by atoms with E-state index in [2.05, 4.69) is 0 Å². The van der Waals surface area contributed by atoms with Crippen molar-refractivity contribution in [1.82, 2.24) is 0 Å². The minimum Gasteiger partial charge on any atom is -0.454 e. The quantitative estimate of drug-likeness (QED) is 0.532. The molecule has 6 nitrogen and oxygen atoms in total. The van der Waals surface area contributed by atoms with Crippen LogP contribution in [0.4, 0.5) is 0 Å². The number of esters is 1. The molecule has 0 saturated carbocycles. The molecule has 15 heavy (non-hydrogen) atoms. The molecule has 1 N–H and O–H groups in total. The molecule has 0 spiro atoms. The van der Waals surface area contributed by atoms with Gasteiger partial charge in [0.1, 0.15) is 6.10 Å². The number of fused-ring (bicyclic) bond motifs is 3. The molecule has 0 radical (unpaired) electrons. The van der Waals surface area contributed by atoms with Gasteiger partial charge in [0.2, 0.25) is 0 Å². The molecule has 3 aliphatic heterocycles. The molecular formula is C9H12O6. The number of hydrogen-bond acceptors (Lipinski definition) is 6. The smallest absolute Gasteiger partial charge is 0.338 e. The third-order valence-electron chi connectivity index (χ3n) is 2.83. The van der Waals surface area contributed by atoms with Gasteiger partial charge in [-0.25, -0.2) is 4.79 Å². The summed E-state index contributed by atoms with van der Waals surface area (Å²) in [5.74, 6) is -1.39. The van der Waals surface area contributed by atoms with Gasteiger partial charge in [-0.05, 0) is 13.8 Å². The average Bonchev–Trinajstić information content (AvgIpc) is 2.66. The van der Waals surface area contributed by atoms with Crippen LogP contribution >= 0.6 is 0 Å². The van der Waals surface area contributed by atoms with Gasteiger partial charge in [-0.1, -0.05) is 0 Å². The second-order valence-electron chi connectivity index (χ2n) is 4.42. The molecule has 3 saturated heterocycles. The van der Waals surface area contributed by atoms with Gasteiger partial charge in [0, 0.05) is 0 Å². The van der Waals surface area contributed by atoms with Crippen LogP contribution in [0.25, 0.3) is 0 Å². The van der Waals surface area contributed by atoms with Gasteiger partial charge < -0.3 is 24.1 Å². The van der Waals surface area contributed by atoms with Crippen molar-refractivity contribution in [2.75, 3.05) is 0 Å². The Morgan fingerprint density at radius 1 is 1.20 bits per heavy atom. The number of ether oxygens (including phenoxy) is 4. The summed E-state index contributed by atoms with van der Waals surface area (Å²) in [6.45, 7) is 3.52. The van der Waals surface area contributed by atoms with Crippen LogP contribution in [0.5, 0.6) is 0 Å². The van der Waals surface area contributed by atoms with E-state index in [1.807, 2.05) is 0 Å². The summed E-state index contributed by atoms with van der Waals surface area (Å²) >= 11 is 0. The molecule has 0 aliphatic carbocycles. The largest absolute Gasteiger partial charge is 0.454 e. The molecular weight excluding hydrogens is 204 g/mol. The molecule has 1 unspecified atom stereocenters. The second kappa shape index (κ2) is 2.70. The van der Waals surface area contributed by atoms with E-state index in [1.165, 1.54) is 0 Å². The molecule has 0 bridgehead atoms. The number of aliphatic hydroxyl groups excluding tert-OH is 1. The fourth-order valence-corrected chi connectivity index (χ4v) is 2.23. The minimum atomic E-state index is -1.23. The molecule has 0 aromatic heterocycles. The molecule has 0 aromatic carbocycles. The van der Waals surface area contributed by atoms with E-state index in [0.29, 0.717) is 0 Å². The van der Waals surface area contributed by atoms with Gasteiger partial charge in [-0.15, -0.1) is 0 Å². The van der Waals surface area contributed by atoms with E-state index in [9.17, 15) is 9.90 Å². The summed E-state index contributed by atoms with van der Waals surface area (Å²) in [6.07, 6.45) is -3.44. The zero-order chi connectivity index (χ0) is 10.8. The molecule has 3 fully saturated rings. The first-order valence-electron chi connectivity index (χ1n) is 4.88. The zero-order valence-corrected chi connectivity index (χ0v) is 8.38. The number of carbonyl (C=O) groups is 1. The van der Waals surface area contributed by atoms with Crippen LogP contribution in [0, 0.1) is 0 Å². The van der Waals surface area contributed by atoms with Crippen molar-refractivity contribution in [1.29, 1.82) is 0 Å². The van der Waals surface area contributed by atoms with Crippen LogP contribution in [0.15, 0.2) is 0 Å². The molecule has 0 aromatic rings. The van der Waals surface area contributed by atoms with Crippen molar-refractivity contribution in [3.05, 3.63) is 0 Å². The van der Waals surface area contributed by atoms with E-state index in [4.69, 9.17) is 18.9 Å². The summed E-state index contributed by atoms with van der Waals surface area (Å²) in [5, 5.41) is 9.44. The Kier molecular flexibility index (Phi) is 1.72. The van der Waals surface area contributed by atoms with E-state index >= 15 is 0 Å². The summed E-state index contributed by atoms with van der Waals surface area (Å²) in [7, 11) is 0. The fourth-order valence-electron chi connectivity index (χ4n) is 2.23. The van der Waals surface area contributed by atoms with Crippen molar-refractivity contribution < 1.29 is 28.8 Å². The number of carbonyl (C=O) groups excluding carboxylic acids is 1. The minimum absolute atomic E-state index is 0.439. The van der Waals surface area contributed by atoms with Crippen LogP contribution in [-0.4, -0.2) is 47.6 Å². The summed E-state index contributed by atoms with van der Waals surface area (Å²) < 4.78 is 21.4. The van der Waals surface area contributed by atoms with Crippen LogP contribution in [0.2, 0.25) is 0 Å². The van der Waals surface area contributed by atoms with Crippen LogP contribution in [-0.2, 0) is 23.7 Å². The second-order valence-corrected chi connectivity index (χ2v) is 4.42. The Morgan fingerprint density at radius 3 is 2.67 bits per heavy atom. The van der Waals surface area contributed by atoms with Gasteiger partial charge in [0.25, 0.3) is 0 Å². The lowest BCUT2D eigenvalue weighted by Gasteiger charge is -2.20. The van der Waals surface area contributed by atoms with Gasteiger partial charge >= 0.3 is 5.97 Å². The number of rotatable bonds is 0. The topological polar surface area (TPSA) is 74.2 Å². The van der Waals surface area contributed by atoms with Gasteiger partial charge in [-0.3, -0.25) is 0 Å². The van der Waals surface area contributed by atoms with Crippen molar-refractivity contribution in [2.45, 2.75) is 50.3 Å². The number of hydrogen-bond donors (Lipinski definition) is 1. The van der Waals surface area contributed by atoms with Crippen molar-refractivity contribution in [2.24, 2.45) is 0 Å². The lowest BCUT2D eigenvalue weighted by molar-refractivity contribution is -0.214. The van der Waals surface area contributed by atoms with E-state index in [-0.39, 0.29) is 0 Å². The molecule has 0 amide bonds. The maximum Gasteiger partial charge on any atom is 0.338 e. The first-order valence-corrected chi connectivity index (χ1v) is 4.88. The maximum atomic E-state index is 11.1. The summed E-state index contributed by atoms with van der Waals surface area (Å²) in [4.78, 5) is 11.1. The van der Waals surface area contributed by atoms with Crippen molar-refractivity contribution >= 4 is 5.97 Å². The molecule has 3 heterocycles. The lowest BCUT2D eigenvalue weighted by atomic mass is 10.1. The zero-order valence-electron chi connectivity index (χ0n) is 8.38. The Labute approximate surface area is 86.1 Å². The Bertz CT molecular complexity index is 314. The predicted molar refractivity (Wildman–Crippen MR) is 44.6 cm³/mol. The Hall–Kier alpha value is -0.690. The fraction of sp³-hybridized carbons (Fsp3) is 0.889. The van der Waals surface area contributed by atoms with E-state index in [0.717, 1.165) is 0 Å². The van der Waals surface area contributed by atoms with E-state index < -0.39 is 42.5 Å². The molecule has 6 heteroatoms. The van der Waals surface area contributed by atoms with Crippen LogP contribution in [0.3, 0.4) is 0 Å². The van der Waals surface area contributed by atoms with Crippen molar-refractivity contribution in [3.63, 3.8) is 0 Å². The SMILES string of the molecule is CC1(C)OC2O[C@H]3[C@H](OC(=O)[C@@H]3O)[C@@H]2O1. The van der Waals surface area contributed by atoms with Crippen LogP contribution in [0.1, 0.15) is 13.8 Å². The summed E-state index contributed by atoms with van der Waals surface area (Å²) in [5.41, 5.74) is 0. The van der Waals surface area contributed by atoms with Crippen LogP contribution < -0.4 is 0 Å². The molecule has 3 aliphatic rings. The Morgan fingerprint density at radius 2 is 1.93 bits per heavy atom. The highest BCUT2D eigenvalue weighted by Crippen LogP contribution is 2.42. The highest BCUT2D eigenvalue weighted by atomic mass is 16.8. The maximum absolute atomic E-state index is 11.1. The monoisotopic (exact) mass is 216 g/mol. The van der Waals surface area contributed by atoms with E-state index in [1.54, 1.807) is 13.8 Å². The molecule has 3 rings (SSSR count). The number of aliphatic hydroxyl groups is 1. The standard InChI is InChI=1S/C9H12O6/c1-9(2)14-6-5-4(13-8(6)15-9)3(10)7(11)12-5/h3-6,8,10H,1-2H3/t3-,4-,5+,6+,8?/m1/s1. The third kappa shape index (κ3) is 1.22. The molecule has 84 valence electrons. The van der Waals surface area contributed by atoms with Gasteiger partial charge in [0.15, 0.2) is 30.4 Å². The predicted octanol–water partition coefficient (Wildman–Crippen LogP) is -0.851. The van der Waals surface area contributed by atoms with Gasteiger partial charge in [-0.2, -0.15) is 0 Å².